The molecule has 4 nitrogen and oxygen atoms in total. The molecule has 0 fully saturated rings. The zero-order valence-electron chi connectivity index (χ0n) is 12.3. The summed E-state index contributed by atoms with van der Waals surface area (Å²) in [6, 6.07) is 12.0. The Morgan fingerprint density at radius 2 is 1.83 bits per heavy atom. The third-order valence-corrected chi connectivity index (χ3v) is 4.11. The third-order valence-electron chi connectivity index (χ3n) is 2.91. The summed E-state index contributed by atoms with van der Waals surface area (Å²) in [4.78, 5) is 11.8. The van der Waals surface area contributed by atoms with Gasteiger partial charge in [-0.3, -0.25) is 4.79 Å². The van der Waals surface area contributed by atoms with Gasteiger partial charge in [-0.25, -0.2) is 0 Å². The fourth-order valence-corrected chi connectivity index (χ4v) is 2.47. The highest BCUT2D eigenvalue weighted by atomic mass is 35.5. The van der Waals surface area contributed by atoms with Gasteiger partial charge in [-0.2, -0.15) is 0 Å². The highest BCUT2D eigenvalue weighted by Gasteiger charge is 2.08. The van der Waals surface area contributed by atoms with E-state index in [-0.39, 0.29) is 17.7 Å². The van der Waals surface area contributed by atoms with Gasteiger partial charge in [-0.05, 0) is 48.1 Å². The number of thiocarbonyl (C=S) groups is 1. The summed E-state index contributed by atoms with van der Waals surface area (Å²) in [6.07, 6.45) is 0. The standard InChI is InChI=1S/C16H13Cl3N2O2S/c17-11-5-6-12(18)10(7-11)8-20-16(24)23-9-15(22)21-14-4-2-1-3-13(14)19/h1-7H,8-9H2,(H,20,24)(H,21,22). The van der Waals surface area contributed by atoms with E-state index in [9.17, 15) is 4.79 Å². The van der Waals surface area contributed by atoms with Crippen molar-refractivity contribution in [2.75, 3.05) is 11.9 Å². The maximum Gasteiger partial charge on any atom is 0.262 e. The minimum Gasteiger partial charge on any atom is -0.461 e. The number of ether oxygens (including phenoxy) is 1. The first-order valence-corrected chi connectivity index (χ1v) is 8.39. The van der Waals surface area contributed by atoms with Gasteiger partial charge in [0.15, 0.2) is 6.61 Å². The Hall–Kier alpha value is -1.53. The van der Waals surface area contributed by atoms with E-state index >= 15 is 0 Å². The molecular formula is C16H13Cl3N2O2S. The van der Waals surface area contributed by atoms with Crippen LogP contribution in [-0.2, 0) is 16.1 Å². The molecule has 0 saturated heterocycles. The number of hydrogen-bond acceptors (Lipinski definition) is 3. The monoisotopic (exact) mass is 402 g/mol. The molecule has 0 bridgehead atoms. The van der Waals surface area contributed by atoms with Crippen molar-refractivity contribution in [3.05, 3.63) is 63.1 Å². The Bertz CT molecular complexity index is 756. The molecule has 0 aliphatic heterocycles. The van der Waals surface area contributed by atoms with Crippen LogP contribution in [0, 0.1) is 0 Å². The number of nitrogens with one attached hydrogen (secondary N) is 2. The van der Waals surface area contributed by atoms with Gasteiger partial charge in [-0.15, -0.1) is 0 Å². The Labute approximate surface area is 160 Å². The number of carbonyl (C=O) groups is 1. The summed E-state index contributed by atoms with van der Waals surface area (Å²) in [6.45, 7) is 0.102. The number of rotatable bonds is 5. The number of amides is 1. The van der Waals surface area contributed by atoms with Gasteiger partial charge in [0, 0.05) is 16.6 Å². The Balaban J connectivity index is 1.77. The fraction of sp³-hybridized carbons (Fsp3) is 0.125. The zero-order chi connectivity index (χ0) is 17.5. The number of benzene rings is 2. The van der Waals surface area contributed by atoms with Crippen molar-refractivity contribution < 1.29 is 9.53 Å². The molecule has 24 heavy (non-hydrogen) atoms. The molecule has 0 aliphatic carbocycles. The van der Waals surface area contributed by atoms with Crippen molar-refractivity contribution in [3.63, 3.8) is 0 Å². The van der Waals surface area contributed by atoms with Gasteiger partial charge >= 0.3 is 0 Å². The van der Waals surface area contributed by atoms with E-state index in [1.165, 1.54) is 0 Å². The van der Waals surface area contributed by atoms with Gasteiger partial charge in [0.1, 0.15) is 0 Å². The molecule has 0 unspecified atom stereocenters. The molecule has 0 saturated carbocycles. The molecule has 2 N–H and O–H groups in total. The first kappa shape index (κ1) is 18.8. The number of hydrogen-bond donors (Lipinski definition) is 2. The Kier molecular flexibility index (Phi) is 7.12. The molecule has 2 rings (SSSR count). The van der Waals surface area contributed by atoms with E-state index in [2.05, 4.69) is 10.6 Å². The van der Waals surface area contributed by atoms with E-state index in [1.54, 1.807) is 42.5 Å². The Morgan fingerprint density at radius 3 is 2.58 bits per heavy atom. The van der Waals surface area contributed by atoms with Crippen molar-refractivity contribution in [3.8, 4) is 0 Å². The average Bonchev–Trinajstić information content (AvgIpc) is 2.56. The minimum atomic E-state index is -0.368. The summed E-state index contributed by atoms with van der Waals surface area (Å²) in [5, 5.41) is 7.15. The van der Waals surface area contributed by atoms with E-state index in [1.807, 2.05) is 0 Å². The van der Waals surface area contributed by atoms with Crippen LogP contribution in [0.2, 0.25) is 15.1 Å². The number of para-hydroxylation sites is 1. The lowest BCUT2D eigenvalue weighted by Gasteiger charge is -2.11. The van der Waals surface area contributed by atoms with Gasteiger partial charge in [0.05, 0.1) is 10.7 Å². The molecule has 0 heterocycles. The van der Waals surface area contributed by atoms with Crippen LogP contribution in [0.15, 0.2) is 42.5 Å². The molecule has 0 radical (unpaired) electrons. The van der Waals surface area contributed by atoms with Crippen LogP contribution < -0.4 is 10.6 Å². The predicted octanol–water partition coefficient (Wildman–Crippen LogP) is 4.68. The van der Waals surface area contributed by atoms with Crippen molar-refractivity contribution in [2.24, 2.45) is 0 Å². The van der Waals surface area contributed by atoms with E-state index in [0.29, 0.717) is 27.3 Å². The number of anilines is 1. The Morgan fingerprint density at radius 1 is 1.08 bits per heavy atom. The normalized spacial score (nSPS) is 10.1. The third kappa shape index (κ3) is 5.83. The zero-order valence-corrected chi connectivity index (χ0v) is 15.4. The SMILES string of the molecule is O=C(COC(=S)NCc1cc(Cl)ccc1Cl)Nc1ccccc1Cl. The van der Waals surface area contributed by atoms with Gasteiger partial charge < -0.3 is 15.4 Å². The highest BCUT2D eigenvalue weighted by molar-refractivity contribution is 7.80. The van der Waals surface area contributed by atoms with Crippen LogP contribution in [0.25, 0.3) is 0 Å². The average molecular weight is 404 g/mol. The largest absolute Gasteiger partial charge is 0.461 e. The fourth-order valence-electron chi connectivity index (χ4n) is 1.78. The van der Waals surface area contributed by atoms with Crippen LogP contribution in [-0.4, -0.2) is 17.7 Å². The van der Waals surface area contributed by atoms with Crippen LogP contribution in [0.1, 0.15) is 5.56 Å². The summed E-state index contributed by atoms with van der Waals surface area (Å²) in [5.41, 5.74) is 1.29. The molecule has 0 aromatic heterocycles. The number of carbonyl (C=O) groups excluding carboxylic acids is 1. The van der Waals surface area contributed by atoms with Crippen LogP contribution in [0.5, 0.6) is 0 Å². The molecule has 8 heteroatoms. The molecule has 2 aromatic rings. The molecule has 2 aromatic carbocycles. The van der Waals surface area contributed by atoms with E-state index in [0.717, 1.165) is 5.56 Å². The van der Waals surface area contributed by atoms with Crippen molar-refractivity contribution in [1.82, 2.24) is 5.32 Å². The lowest BCUT2D eigenvalue weighted by atomic mass is 10.2. The second kappa shape index (κ2) is 9.08. The lowest BCUT2D eigenvalue weighted by molar-refractivity contribution is -0.118. The van der Waals surface area contributed by atoms with E-state index < -0.39 is 0 Å². The molecular weight excluding hydrogens is 391 g/mol. The smallest absolute Gasteiger partial charge is 0.262 e. The second-order valence-electron chi connectivity index (χ2n) is 4.69. The highest BCUT2D eigenvalue weighted by Crippen LogP contribution is 2.21. The lowest BCUT2D eigenvalue weighted by Crippen LogP contribution is -2.28. The summed E-state index contributed by atoms with van der Waals surface area (Å²) in [5.74, 6) is -0.368. The van der Waals surface area contributed by atoms with Crippen LogP contribution in [0.3, 0.4) is 0 Å². The maximum absolute atomic E-state index is 11.8. The van der Waals surface area contributed by atoms with Crippen molar-refractivity contribution in [2.45, 2.75) is 6.54 Å². The number of halogens is 3. The van der Waals surface area contributed by atoms with Gasteiger partial charge in [-0.1, -0.05) is 46.9 Å². The maximum atomic E-state index is 11.8. The summed E-state index contributed by atoms with van der Waals surface area (Å²) < 4.78 is 5.20. The first-order valence-electron chi connectivity index (χ1n) is 6.84. The molecule has 126 valence electrons. The summed E-state index contributed by atoms with van der Waals surface area (Å²) >= 11 is 22.9. The van der Waals surface area contributed by atoms with Crippen molar-refractivity contribution >= 4 is 63.8 Å². The first-order chi connectivity index (χ1) is 11.5. The van der Waals surface area contributed by atoms with Gasteiger partial charge in [0.25, 0.3) is 11.1 Å². The molecule has 0 atom stereocenters. The summed E-state index contributed by atoms with van der Waals surface area (Å²) in [7, 11) is 0. The van der Waals surface area contributed by atoms with Crippen LogP contribution >= 0.6 is 47.0 Å². The van der Waals surface area contributed by atoms with Crippen LogP contribution in [0.4, 0.5) is 5.69 Å². The van der Waals surface area contributed by atoms with E-state index in [4.69, 9.17) is 51.8 Å². The second-order valence-corrected chi connectivity index (χ2v) is 6.32. The molecule has 0 spiro atoms. The molecule has 0 aliphatic rings. The van der Waals surface area contributed by atoms with Crippen molar-refractivity contribution in [1.29, 1.82) is 0 Å². The topological polar surface area (TPSA) is 50.4 Å². The quantitative estimate of drug-likeness (QED) is 0.712. The minimum absolute atomic E-state index is 0.0837. The molecule has 1 amide bonds. The predicted molar refractivity (Wildman–Crippen MR) is 102 cm³/mol. The van der Waals surface area contributed by atoms with Gasteiger partial charge in [0.2, 0.25) is 0 Å².